The van der Waals surface area contributed by atoms with Gasteiger partial charge in [0.25, 0.3) is 5.56 Å². The molecule has 0 saturated carbocycles. The van der Waals surface area contributed by atoms with E-state index in [0.717, 1.165) is 0 Å². The Labute approximate surface area is 174 Å². The molecule has 1 aromatic carbocycles. The van der Waals surface area contributed by atoms with Crippen molar-refractivity contribution in [1.82, 2.24) is 14.9 Å². The number of hydrogen-bond acceptors (Lipinski definition) is 7. The van der Waals surface area contributed by atoms with Gasteiger partial charge in [0.2, 0.25) is 5.91 Å². The van der Waals surface area contributed by atoms with Gasteiger partial charge in [-0.2, -0.15) is 10.2 Å². The highest BCUT2D eigenvalue weighted by atomic mass is 16.5. The quantitative estimate of drug-likeness (QED) is 0.605. The summed E-state index contributed by atoms with van der Waals surface area (Å²) in [5.74, 6) is 3.86. The molecule has 0 unspecified atom stereocenters. The number of nitrogens with zero attached hydrogens (tertiary/aromatic N) is 4. The average Bonchev–Trinajstić information content (AvgIpc) is 3.53. The van der Waals surface area contributed by atoms with E-state index in [1.807, 2.05) is 6.92 Å². The number of carbonyl (C=O) groups is 1. The number of rotatable bonds is 10. The van der Waals surface area contributed by atoms with Crippen LogP contribution in [0.5, 0.6) is 11.5 Å². The highest BCUT2D eigenvalue weighted by molar-refractivity contribution is 5.82. The summed E-state index contributed by atoms with van der Waals surface area (Å²) in [5, 5.41) is 8.52. The summed E-state index contributed by atoms with van der Waals surface area (Å²) in [6, 6.07) is 3.24. The van der Waals surface area contributed by atoms with Crippen LogP contribution in [0.25, 0.3) is 10.9 Å². The maximum absolute atomic E-state index is 12.7. The number of fused-ring (bicyclic) bond motifs is 1. The molecule has 0 bridgehead atoms. The van der Waals surface area contributed by atoms with Crippen molar-refractivity contribution in [2.75, 3.05) is 20.8 Å². The maximum Gasteiger partial charge on any atom is 0.258 e. The molecule has 0 fully saturated rings. The number of methoxy groups -OCH3 is 2. The van der Waals surface area contributed by atoms with Gasteiger partial charge in [-0.25, -0.2) is 4.98 Å². The molecule has 3 rings (SSSR count). The normalized spacial score (nSPS) is 13.7. The number of benzene rings is 1. The number of H-pyrrole nitrogens is 1. The number of aromatic amines is 1. The predicted molar refractivity (Wildman–Crippen MR) is 111 cm³/mol. The van der Waals surface area contributed by atoms with Gasteiger partial charge in [0.1, 0.15) is 5.82 Å². The number of aromatic nitrogens is 2. The molecule has 2 aromatic rings. The first kappa shape index (κ1) is 21.3. The Morgan fingerprint density at radius 2 is 1.93 bits per heavy atom. The molecule has 1 amide bonds. The SMILES string of the molecule is C#CCCC1(CCC(=O)N(CC)Cc2nc3cc(OC)c(OC)cc3c(=O)[nH]2)N=N1. The summed E-state index contributed by atoms with van der Waals surface area (Å²) < 4.78 is 10.5. The summed E-state index contributed by atoms with van der Waals surface area (Å²) in [6.07, 6.45) is 7.37. The minimum absolute atomic E-state index is 0.0510. The minimum Gasteiger partial charge on any atom is -0.493 e. The van der Waals surface area contributed by atoms with E-state index < -0.39 is 5.66 Å². The van der Waals surface area contributed by atoms with E-state index in [2.05, 4.69) is 26.1 Å². The first-order valence-electron chi connectivity index (χ1n) is 9.75. The number of amides is 1. The monoisotopic (exact) mass is 411 g/mol. The number of hydrogen-bond donors (Lipinski definition) is 1. The van der Waals surface area contributed by atoms with E-state index >= 15 is 0 Å². The Morgan fingerprint density at radius 3 is 2.53 bits per heavy atom. The lowest BCUT2D eigenvalue weighted by atomic mass is 10.0. The van der Waals surface area contributed by atoms with Crippen molar-refractivity contribution in [3.63, 3.8) is 0 Å². The Bertz CT molecular complexity index is 1060. The molecular formula is C21H25N5O4. The van der Waals surface area contributed by atoms with Crippen LogP contribution in [0.1, 0.15) is 38.4 Å². The number of ether oxygens (including phenoxy) is 2. The van der Waals surface area contributed by atoms with E-state index in [1.54, 1.807) is 17.0 Å². The van der Waals surface area contributed by atoms with Crippen LogP contribution in [0, 0.1) is 12.3 Å². The molecule has 9 nitrogen and oxygen atoms in total. The Kier molecular flexibility index (Phi) is 6.35. The van der Waals surface area contributed by atoms with Gasteiger partial charge in [-0.05, 0) is 13.0 Å². The second-order valence-electron chi connectivity index (χ2n) is 7.03. The zero-order chi connectivity index (χ0) is 21.7. The smallest absolute Gasteiger partial charge is 0.258 e. The number of terminal acetylenes is 1. The molecule has 0 atom stereocenters. The van der Waals surface area contributed by atoms with Crippen LogP contribution in [0.3, 0.4) is 0 Å². The predicted octanol–water partition coefficient (Wildman–Crippen LogP) is 2.64. The van der Waals surface area contributed by atoms with Crippen LogP contribution in [-0.4, -0.2) is 47.2 Å². The molecule has 0 saturated heterocycles. The average molecular weight is 411 g/mol. The topological polar surface area (TPSA) is 109 Å². The van der Waals surface area contributed by atoms with Crippen molar-refractivity contribution in [1.29, 1.82) is 0 Å². The molecule has 2 heterocycles. The summed E-state index contributed by atoms with van der Waals surface area (Å²) in [7, 11) is 3.02. The first-order valence-corrected chi connectivity index (χ1v) is 9.75. The van der Waals surface area contributed by atoms with Gasteiger partial charge < -0.3 is 19.4 Å². The molecule has 9 heteroatoms. The Balaban J connectivity index is 1.74. The molecule has 1 N–H and O–H groups in total. The number of carbonyl (C=O) groups excluding carboxylic acids is 1. The zero-order valence-electron chi connectivity index (χ0n) is 17.4. The fourth-order valence-corrected chi connectivity index (χ4v) is 3.28. The second kappa shape index (κ2) is 8.95. The van der Waals surface area contributed by atoms with Crippen LogP contribution in [-0.2, 0) is 11.3 Å². The van der Waals surface area contributed by atoms with E-state index in [-0.39, 0.29) is 18.0 Å². The summed E-state index contributed by atoms with van der Waals surface area (Å²) >= 11 is 0. The van der Waals surface area contributed by atoms with Crippen LogP contribution in [0.4, 0.5) is 0 Å². The van der Waals surface area contributed by atoms with E-state index in [4.69, 9.17) is 15.9 Å². The van der Waals surface area contributed by atoms with Gasteiger partial charge >= 0.3 is 0 Å². The molecule has 0 radical (unpaired) electrons. The lowest BCUT2D eigenvalue weighted by Gasteiger charge is -2.21. The minimum atomic E-state index is -0.493. The molecule has 0 spiro atoms. The van der Waals surface area contributed by atoms with Crippen molar-refractivity contribution < 1.29 is 14.3 Å². The summed E-state index contributed by atoms with van der Waals surface area (Å²) in [4.78, 5) is 34.1. The van der Waals surface area contributed by atoms with Gasteiger partial charge in [-0.1, -0.05) is 0 Å². The molecule has 0 aliphatic carbocycles. The van der Waals surface area contributed by atoms with Crippen molar-refractivity contribution in [2.45, 2.75) is 44.8 Å². The third-order valence-corrected chi connectivity index (χ3v) is 5.13. The molecule has 1 aromatic heterocycles. The first-order chi connectivity index (χ1) is 14.4. The van der Waals surface area contributed by atoms with Gasteiger partial charge in [0.15, 0.2) is 17.2 Å². The van der Waals surface area contributed by atoms with Gasteiger partial charge in [0, 0.05) is 38.3 Å². The molecule has 1 aliphatic heterocycles. The van der Waals surface area contributed by atoms with Crippen molar-refractivity contribution in [3.05, 3.63) is 28.3 Å². The summed E-state index contributed by atoms with van der Waals surface area (Å²) in [5.41, 5.74) is -0.325. The zero-order valence-corrected chi connectivity index (χ0v) is 17.4. The van der Waals surface area contributed by atoms with Crippen molar-refractivity contribution in [3.8, 4) is 23.8 Å². The lowest BCUT2D eigenvalue weighted by molar-refractivity contribution is -0.132. The summed E-state index contributed by atoms with van der Waals surface area (Å²) in [6.45, 7) is 2.56. The van der Waals surface area contributed by atoms with E-state index in [0.29, 0.717) is 60.5 Å². The molecular weight excluding hydrogens is 386 g/mol. The molecule has 158 valence electrons. The van der Waals surface area contributed by atoms with Crippen LogP contribution < -0.4 is 15.0 Å². The third kappa shape index (κ3) is 4.59. The fraction of sp³-hybridized carbons (Fsp3) is 0.476. The highest BCUT2D eigenvalue weighted by Gasteiger charge is 2.39. The van der Waals surface area contributed by atoms with Crippen molar-refractivity contribution in [2.24, 2.45) is 10.2 Å². The van der Waals surface area contributed by atoms with Crippen LogP contribution >= 0.6 is 0 Å². The second-order valence-corrected chi connectivity index (χ2v) is 7.03. The maximum atomic E-state index is 12.7. The highest BCUT2D eigenvalue weighted by Crippen LogP contribution is 2.37. The number of nitrogens with one attached hydrogen (secondary N) is 1. The van der Waals surface area contributed by atoms with Crippen molar-refractivity contribution >= 4 is 16.8 Å². The molecule has 1 aliphatic rings. The van der Waals surface area contributed by atoms with E-state index in [1.165, 1.54) is 14.2 Å². The van der Waals surface area contributed by atoms with Crippen LogP contribution in [0.2, 0.25) is 0 Å². The van der Waals surface area contributed by atoms with E-state index in [9.17, 15) is 9.59 Å². The Morgan fingerprint density at radius 1 is 1.23 bits per heavy atom. The standard InChI is InChI=1S/C21H25N5O4/c1-5-7-9-21(24-25-21)10-8-19(27)26(6-2)13-18-22-15-12-17(30-4)16(29-3)11-14(15)20(28)23-18/h1,11-12H,6-10,13H2,2-4H3,(H,22,23,28). The largest absolute Gasteiger partial charge is 0.493 e. The third-order valence-electron chi connectivity index (χ3n) is 5.13. The van der Waals surface area contributed by atoms with Gasteiger partial charge in [-0.3, -0.25) is 9.59 Å². The van der Waals surface area contributed by atoms with Crippen LogP contribution in [0.15, 0.2) is 27.2 Å². The molecule has 30 heavy (non-hydrogen) atoms. The lowest BCUT2D eigenvalue weighted by Crippen LogP contribution is -2.32. The van der Waals surface area contributed by atoms with Gasteiger partial charge in [-0.15, -0.1) is 12.3 Å². The Hall–Kier alpha value is -3.41. The van der Waals surface area contributed by atoms with Gasteiger partial charge in [0.05, 0.1) is 31.7 Å². The fourth-order valence-electron chi connectivity index (χ4n) is 3.28.